The average molecular weight is 887 g/mol. The third kappa shape index (κ3) is 12.9. The van der Waals surface area contributed by atoms with Crippen LogP contribution in [0.1, 0.15) is 82.6 Å². The van der Waals surface area contributed by atoms with Crippen molar-refractivity contribution in [2.75, 3.05) is 34.7 Å². The Bertz CT molecular complexity index is 1540. The summed E-state index contributed by atoms with van der Waals surface area (Å²) in [7, 11) is 4.67. The van der Waals surface area contributed by atoms with Crippen molar-refractivity contribution >= 4 is 41.5 Å². The summed E-state index contributed by atoms with van der Waals surface area (Å²) in [5.74, 6) is -14.0. The van der Waals surface area contributed by atoms with Gasteiger partial charge < -0.3 is 49.5 Å². The van der Waals surface area contributed by atoms with Gasteiger partial charge >= 0.3 is 18.1 Å². The zero-order valence-corrected chi connectivity index (χ0v) is 38.2. The molecule has 0 fully saturated rings. The smallest absolute Gasteiger partial charge is 0.478 e. The molecule has 0 heterocycles. The van der Waals surface area contributed by atoms with Gasteiger partial charge in [0.2, 0.25) is 29.3 Å². The maximum Gasteiger partial charge on any atom is 0.490 e. The van der Waals surface area contributed by atoms with Gasteiger partial charge in [-0.05, 0) is 50.9 Å². The number of alkyl halides is 3. The van der Waals surface area contributed by atoms with Crippen LogP contribution in [-0.2, 0) is 33.6 Å². The quantitative estimate of drug-likeness (QED) is 0.0533. The van der Waals surface area contributed by atoms with Crippen molar-refractivity contribution in [1.82, 2.24) is 29.6 Å². The molecule has 8 atom stereocenters. The number of hydrogen-bond acceptors (Lipinski definition) is 14. The molecule has 0 saturated carbocycles. The number of hydrogen-bond donors (Lipinski definition) is 8. The highest BCUT2D eigenvalue weighted by molar-refractivity contribution is 5.92. The second kappa shape index (κ2) is 23.3. The van der Waals surface area contributed by atoms with E-state index in [-0.39, 0.29) is 18.9 Å². The summed E-state index contributed by atoms with van der Waals surface area (Å²) in [5.41, 5.74) is 35.9. The van der Waals surface area contributed by atoms with Gasteiger partial charge in [0.15, 0.2) is 0 Å². The summed E-state index contributed by atoms with van der Waals surface area (Å²) in [6.07, 6.45) is -4.97. The maximum atomic E-state index is 14.9. The van der Waals surface area contributed by atoms with Crippen molar-refractivity contribution in [3.8, 4) is 0 Å². The van der Waals surface area contributed by atoms with Crippen molar-refractivity contribution in [1.29, 1.82) is 0 Å². The van der Waals surface area contributed by atoms with Gasteiger partial charge in [0.05, 0.1) is 36.3 Å². The second-order valence-electron chi connectivity index (χ2n) is 16.5. The molecule has 0 spiro atoms. The molecule has 0 aliphatic heterocycles. The van der Waals surface area contributed by atoms with Gasteiger partial charge in [0, 0.05) is 34.7 Å². The minimum atomic E-state index is -5.08. The SMILES string of the molecule is CCN(C(=O)[C@H](N)C(C)C)[C@](N(C)C(=O)[C@H](N)CC(C)C)(N(C)C(=O)[C@@H](C)N)N(N(C)C(=O)[C@@H](C)N)[C@@](C(=O)O)(C(N)C(C)C)N(C)C(=O)[C@H](N)C(C)C.O=C(O)C(F)(F)F. The molecule has 14 N–H and O–H groups in total. The van der Waals surface area contributed by atoms with Crippen LogP contribution in [0.4, 0.5) is 13.2 Å². The fourth-order valence-electron chi connectivity index (χ4n) is 6.50. The first-order valence-electron chi connectivity index (χ1n) is 19.7. The van der Waals surface area contributed by atoms with E-state index in [1.807, 2.05) is 13.8 Å². The predicted molar refractivity (Wildman–Crippen MR) is 220 cm³/mol. The van der Waals surface area contributed by atoms with E-state index in [0.717, 1.165) is 43.7 Å². The van der Waals surface area contributed by atoms with Crippen LogP contribution in [0.25, 0.3) is 0 Å². The summed E-state index contributed by atoms with van der Waals surface area (Å²) >= 11 is 0. The van der Waals surface area contributed by atoms with Crippen molar-refractivity contribution in [2.45, 2.75) is 137 Å². The van der Waals surface area contributed by atoms with Crippen molar-refractivity contribution in [3.05, 3.63) is 0 Å². The highest BCUT2D eigenvalue weighted by Crippen LogP contribution is 2.42. The van der Waals surface area contributed by atoms with Crippen molar-refractivity contribution < 1.29 is 56.9 Å². The zero-order valence-electron chi connectivity index (χ0n) is 38.2. The molecule has 0 rings (SSSR count). The van der Waals surface area contributed by atoms with Crippen molar-refractivity contribution in [3.63, 3.8) is 0 Å². The van der Waals surface area contributed by atoms with E-state index in [0.29, 0.717) is 0 Å². The molecule has 0 saturated heterocycles. The number of amides is 5. The third-order valence-corrected chi connectivity index (χ3v) is 10.1. The molecule has 5 amide bonds. The minimum Gasteiger partial charge on any atom is -0.478 e. The number of carbonyl (C=O) groups excluding carboxylic acids is 5. The molecule has 0 aromatic carbocycles. The number of nitrogens with zero attached hydrogens (tertiary/aromatic N) is 6. The first-order chi connectivity index (χ1) is 27.4. The van der Waals surface area contributed by atoms with E-state index in [4.69, 9.17) is 44.3 Å². The van der Waals surface area contributed by atoms with Gasteiger partial charge in [-0.1, -0.05) is 55.4 Å². The summed E-state index contributed by atoms with van der Waals surface area (Å²) in [5, 5.41) is 20.4. The van der Waals surface area contributed by atoms with Crippen LogP contribution in [0, 0.1) is 23.7 Å². The van der Waals surface area contributed by atoms with E-state index in [1.165, 1.54) is 34.9 Å². The molecule has 0 radical (unpaired) electrons. The number of rotatable bonds is 20. The highest BCUT2D eigenvalue weighted by Gasteiger charge is 2.70. The molecule has 0 aromatic heterocycles. The Morgan fingerprint density at radius 2 is 0.934 bits per heavy atom. The van der Waals surface area contributed by atoms with E-state index in [9.17, 15) is 47.0 Å². The monoisotopic (exact) mass is 887 g/mol. The van der Waals surface area contributed by atoms with Gasteiger partial charge in [0.25, 0.3) is 11.8 Å². The summed E-state index contributed by atoms with van der Waals surface area (Å²) in [6.45, 7) is 17.3. The predicted octanol–water partition coefficient (Wildman–Crippen LogP) is -1.07. The van der Waals surface area contributed by atoms with E-state index < -0.39 is 113 Å². The Kier molecular flexibility index (Phi) is 22.5. The Morgan fingerprint density at radius 1 is 0.557 bits per heavy atom. The number of hydrazine groups is 1. The van der Waals surface area contributed by atoms with E-state index in [2.05, 4.69) is 0 Å². The lowest BCUT2D eigenvalue weighted by atomic mass is 9.86. The van der Waals surface area contributed by atoms with E-state index in [1.54, 1.807) is 41.5 Å². The molecule has 0 aromatic rings. The Balaban J connectivity index is 0. The van der Waals surface area contributed by atoms with Crippen LogP contribution in [0.3, 0.4) is 0 Å². The van der Waals surface area contributed by atoms with Gasteiger partial charge in [-0.2, -0.15) is 13.2 Å². The number of carboxylic acid groups (broad SMARTS) is 2. The molecule has 356 valence electrons. The molecular formula is C37H73F3N12O9. The van der Waals surface area contributed by atoms with E-state index >= 15 is 0 Å². The lowest BCUT2D eigenvalue weighted by Gasteiger charge is -2.65. The number of carboxylic acids is 2. The van der Waals surface area contributed by atoms with Crippen LogP contribution < -0.4 is 34.4 Å². The Labute approximate surface area is 357 Å². The number of aliphatic carboxylic acids is 2. The molecule has 1 unspecified atom stereocenters. The third-order valence-electron chi connectivity index (χ3n) is 10.1. The fraction of sp³-hybridized carbons (Fsp3) is 0.811. The maximum absolute atomic E-state index is 14.9. The highest BCUT2D eigenvalue weighted by atomic mass is 19.4. The van der Waals surface area contributed by atoms with Crippen LogP contribution >= 0.6 is 0 Å². The van der Waals surface area contributed by atoms with Crippen LogP contribution in [-0.4, -0.2) is 170 Å². The average Bonchev–Trinajstić information content (AvgIpc) is 3.14. The summed E-state index contributed by atoms with van der Waals surface area (Å²) < 4.78 is 31.7. The molecule has 0 aliphatic rings. The topological polar surface area (TPSA) is 336 Å². The summed E-state index contributed by atoms with van der Waals surface area (Å²) in [4.78, 5) is 100.0. The number of carbonyl (C=O) groups is 7. The lowest BCUT2D eigenvalue weighted by molar-refractivity contribution is -0.328. The van der Waals surface area contributed by atoms with Crippen molar-refractivity contribution in [2.24, 2.45) is 58.1 Å². The minimum absolute atomic E-state index is 0.113. The molecule has 24 heteroatoms. The standard InChI is InChI=1S/C35H72N12O7.C2HF3O2/c1-16-46(32(52)26(40)20(6)7)35(43(13)28(48)22(10)36,44(14)30(50)24(38)17-18(2)3)47(45(15)29(49)23(11)37)34(33(53)54,27(41)21(8)9)42(12)31(51)25(39)19(4)5;3-2(4,5)1(6)7/h18-27H,16-17,36-41H2,1-15H3,(H,53,54);(H,6,7)/t22-,23-,24-,25-,26-,27?,34-,35-;/m1./s1. The van der Waals surface area contributed by atoms with Crippen LogP contribution in [0.15, 0.2) is 0 Å². The molecule has 61 heavy (non-hydrogen) atoms. The number of likely N-dealkylation sites (N-methyl/N-ethyl adjacent to an activating group) is 5. The zero-order chi connectivity index (χ0) is 49.2. The molecule has 21 nitrogen and oxygen atoms in total. The first kappa shape index (κ1) is 58.9. The normalized spacial score (nSPS) is 16.9. The number of halogens is 3. The van der Waals surface area contributed by atoms with Gasteiger partial charge in [-0.15, -0.1) is 5.01 Å². The fourth-order valence-corrected chi connectivity index (χ4v) is 6.50. The van der Waals surface area contributed by atoms with Gasteiger partial charge in [-0.3, -0.25) is 43.7 Å². The molecule has 0 bridgehead atoms. The molecule has 0 aliphatic carbocycles. The Hall–Kier alpha value is -4.20. The van der Waals surface area contributed by atoms with Gasteiger partial charge in [-0.25, -0.2) is 9.59 Å². The number of nitrogens with two attached hydrogens (primary N) is 6. The van der Waals surface area contributed by atoms with Crippen LogP contribution in [0.5, 0.6) is 0 Å². The Morgan fingerprint density at radius 3 is 1.23 bits per heavy atom. The molecular weight excluding hydrogens is 813 g/mol. The first-order valence-corrected chi connectivity index (χ1v) is 19.7. The van der Waals surface area contributed by atoms with Gasteiger partial charge in [0.1, 0.15) is 0 Å². The lowest BCUT2D eigenvalue weighted by Crippen LogP contribution is -2.91. The second-order valence-corrected chi connectivity index (χ2v) is 16.5. The van der Waals surface area contributed by atoms with Crippen LogP contribution in [0.2, 0.25) is 0 Å². The largest absolute Gasteiger partial charge is 0.490 e. The summed E-state index contributed by atoms with van der Waals surface area (Å²) in [6, 6.07) is -8.25.